The summed E-state index contributed by atoms with van der Waals surface area (Å²) >= 11 is 0. The topological polar surface area (TPSA) is 0 Å². The fourth-order valence-corrected chi connectivity index (χ4v) is 4.47. The molecule has 1 atom stereocenters. The number of allylic oxidation sites excluding steroid dienone is 5. The van der Waals surface area contributed by atoms with Crippen molar-refractivity contribution in [3.8, 4) is 0 Å². The van der Waals surface area contributed by atoms with Gasteiger partial charge < -0.3 is 0 Å². The third-order valence-corrected chi connectivity index (χ3v) is 6.13. The van der Waals surface area contributed by atoms with Crippen molar-refractivity contribution in [1.82, 2.24) is 0 Å². The average Bonchev–Trinajstić information content (AvgIpc) is 3.09. The molecule has 0 saturated heterocycles. The second kappa shape index (κ2) is 5.88. The summed E-state index contributed by atoms with van der Waals surface area (Å²) < 4.78 is 0. The summed E-state index contributed by atoms with van der Waals surface area (Å²) in [6.45, 7) is 11.3. The molecule has 1 unspecified atom stereocenters. The third-order valence-electron chi connectivity index (χ3n) is 6.13. The first-order chi connectivity index (χ1) is 12.0. The van der Waals surface area contributed by atoms with Gasteiger partial charge in [-0.1, -0.05) is 65.8 Å². The highest BCUT2D eigenvalue weighted by molar-refractivity contribution is 5.89. The van der Waals surface area contributed by atoms with Gasteiger partial charge in [-0.05, 0) is 73.6 Å². The number of rotatable bonds is 2. The van der Waals surface area contributed by atoms with Crippen molar-refractivity contribution >= 4 is 5.57 Å². The highest BCUT2D eigenvalue weighted by Crippen LogP contribution is 2.52. The molecule has 0 saturated carbocycles. The molecule has 2 aromatic rings. The van der Waals surface area contributed by atoms with E-state index in [9.17, 15) is 0 Å². The maximum absolute atomic E-state index is 2.49. The molecule has 0 nitrogen and oxygen atoms in total. The zero-order valence-electron chi connectivity index (χ0n) is 15.8. The van der Waals surface area contributed by atoms with E-state index in [1.165, 1.54) is 56.0 Å². The Labute approximate surface area is 151 Å². The quantitative estimate of drug-likeness (QED) is 0.570. The molecule has 125 valence electrons. The minimum absolute atomic E-state index is 0.359. The molecule has 25 heavy (non-hydrogen) atoms. The SMILES string of the molecule is CC1=C(C)C(C)=C(C)[C]1C1C=C(c2ccccc2)c2c(C)cccc21. The zero-order chi connectivity index (χ0) is 17.7. The molecule has 0 amide bonds. The summed E-state index contributed by atoms with van der Waals surface area (Å²) in [6, 6.07) is 17.6. The van der Waals surface area contributed by atoms with Crippen LogP contribution in [0.1, 0.15) is 55.9 Å². The first-order valence-corrected chi connectivity index (χ1v) is 9.10. The van der Waals surface area contributed by atoms with E-state index in [4.69, 9.17) is 0 Å². The van der Waals surface area contributed by atoms with Crippen LogP contribution < -0.4 is 0 Å². The van der Waals surface area contributed by atoms with E-state index < -0.39 is 0 Å². The van der Waals surface area contributed by atoms with Gasteiger partial charge in [0, 0.05) is 11.8 Å². The van der Waals surface area contributed by atoms with Gasteiger partial charge in [-0.15, -0.1) is 0 Å². The second-order valence-electron chi connectivity index (χ2n) is 7.38. The van der Waals surface area contributed by atoms with Gasteiger partial charge in [0.15, 0.2) is 0 Å². The Bertz CT molecular complexity index is 911. The molecule has 0 N–H and O–H groups in total. The second-order valence-corrected chi connectivity index (χ2v) is 7.38. The number of hydrogen-bond acceptors (Lipinski definition) is 0. The van der Waals surface area contributed by atoms with Crippen LogP contribution in [0, 0.1) is 12.8 Å². The molecule has 2 aliphatic carbocycles. The summed E-state index contributed by atoms with van der Waals surface area (Å²) in [5.74, 6) is 1.87. The largest absolute Gasteiger partial charge is 0.0672 e. The number of benzene rings is 2. The Morgan fingerprint density at radius 3 is 1.92 bits per heavy atom. The van der Waals surface area contributed by atoms with E-state index in [-0.39, 0.29) is 0 Å². The van der Waals surface area contributed by atoms with Crippen LogP contribution in [0.25, 0.3) is 5.57 Å². The summed E-state index contributed by atoms with van der Waals surface area (Å²) in [7, 11) is 0. The minimum atomic E-state index is 0.359. The molecule has 0 spiro atoms. The zero-order valence-corrected chi connectivity index (χ0v) is 15.8. The summed E-state index contributed by atoms with van der Waals surface area (Å²) in [6.07, 6.45) is 2.49. The number of hydrogen-bond donors (Lipinski definition) is 0. The first kappa shape index (κ1) is 16.1. The maximum Gasteiger partial charge on any atom is 0.0370 e. The molecule has 0 heterocycles. The molecule has 0 heteroatoms. The van der Waals surface area contributed by atoms with Crippen molar-refractivity contribution in [2.24, 2.45) is 0 Å². The van der Waals surface area contributed by atoms with Gasteiger partial charge in [0.05, 0.1) is 0 Å². The maximum atomic E-state index is 2.49. The molecule has 0 bridgehead atoms. The number of fused-ring (bicyclic) bond motifs is 1. The lowest BCUT2D eigenvalue weighted by Crippen LogP contribution is -2.09. The molecule has 4 rings (SSSR count). The summed E-state index contributed by atoms with van der Waals surface area (Å²) in [4.78, 5) is 0. The highest BCUT2D eigenvalue weighted by Gasteiger charge is 2.37. The van der Waals surface area contributed by atoms with Crippen LogP contribution in [0.5, 0.6) is 0 Å². The molecular formula is C25H25. The summed E-state index contributed by atoms with van der Waals surface area (Å²) in [5, 5.41) is 0. The first-order valence-electron chi connectivity index (χ1n) is 9.10. The Hall–Kier alpha value is -2.34. The van der Waals surface area contributed by atoms with Crippen molar-refractivity contribution in [2.45, 2.75) is 40.5 Å². The predicted molar refractivity (Wildman–Crippen MR) is 107 cm³/mol. The molecule has 2 aromatic carbocycles. The molecule has 0 aliphatic heterocycles. The van der Waals surface area contributed by atoms with Crippen molar-refractivity contribution in [1.29, 1.82) is 0 Å². The van der Waals surface area contributed by atoms with Crippen molar-refractivity contribution < 1.29 is 0 Å². The molecular weight excluding hydrogens is 300 g/mol. The Morgan fingerprint density at radius 1 is 0.640 bits per heavy atom. The van der Waals surface area contributed by atoms with E-state index in [0.717, 1.165) is 0 Å². The lowest BCUT2D eigenvalue weighted by Gasteiger charge is -2.22. The van der Waals surface area contributed by atoms with Gasteiger partial charge in [0.1, 0.15) is 0 Å². The molecule has 1 radical (unpaired) electrons. The Balaban J connectivity index is 1.92. The van der Waals surface area contributed by atoms with Crippen LogP contribution in [0.2, 0.25) is 0 Å². The van der Waals surface area contributed by atoms with E-state index in [0.29, 0.717) is 5.92 Å². The molecule has 0 aromatic heterocycles. The lowest BCUT2D eigenvalue weighted by molar-refractivity contribution is 0.897. The van der Waals surface area contributed by atoms with Crippen molar-refractivity contribution in [3.63, 3.8) is 0 Å². The fraction of sp³-hybridized carbons (Fsp3) is 0.240. The van der Waals surface area contributed by atoms with Crippen molar-refractivity contribution in [2.75, 3.05) is 0 Å². The minimum Gasteiger partial charge on any atom is -0.0672 e. The summed E-state index contributed by atoms with van der Waals surface area (Å²) in [5.41, 5.74) is 12.8. The van der Waals surface area contributed by atoms with Crippen LogP contribution in [-0.2, 0) is 0 Å². The van der Waals surface area contributed by atoms with Gasteiger partial charge in [-0.25, -0.2) is 0 Å². The monoisotopic (exact) mass is 325 g/mol. The molecule has 0 fully saturated rings. The third kappa shape index (κ3) is 2.35. The Morgan fingerprint density at radius 2 is 1.28 bits per heavy atom. The fourth-order valence-electron chi connectivity index (χ4n) is 4.47. The van der Waals surface area contributed by atoms with Gasteiger partial charge in [-0.3, -0.25) is 0 Å². The molecule has 2 aliphatic rings. The Kier molecular flexibility index (Phi) is 3.80. The smallest absolute Gasteiger partial charge is 0.0370 e. The van der Waals surface area contributed by atoms with Crippen LogP contribution >= 0.6 is 0 Å². The van der Waals surface area contributed by atoms with E-state index in [1.54, 1.807) is 0 Å². The van der Waals surface area contributed by atoms with E-state index >= 15 is 0 Å². The normalized spacial score (nSPS) is 20.4. The lowest BCUT2D eigenvalue weighted by atomic mass is 9.80. The van der Waals surface area contributed by atoms with Crippen LogP contribution in [0.15, 0.2) is 76.9 Å². The van der Waals surface area contributed by atoms with E-state index in [2.05, 4.69) is 89.2 Å². The van der Waals surface area contributed by atoms with Gasteiger partial charge in [0.2, 0.25) is 0 Å². The van der Waals surface area contributed by atoms with Gasteiger partial charge >= 0.3 is 0 Å². The van der Waals surface area contributed by atoms with Crippen molar-refractivity contribution in [3.05, 3.63) is 105 Å². The van der Waals surface area contributed by atoms with Crippen LogP contribution in [0.4, 0.5) is 0 Å². The predicted octanol–water partition coefficient (Wildman–Crippen LogP) is 6.78. The van der Waals surface area contributed by atoms with Crippen LogP contribution in [-0.4, -0.2) is 0 Å². The number of aryl methyl sites for hydroxylation is 1. The standard InChI is InChI=1S/C25H25/c1-15-10-9-13-21-23(25-18(4)16(2)17(3)19(25)5)14-22(24(15)21)20-11-7-6-8-12-20/h6-14,23H,1-5H3. The van der Waals surface area contributed by atoms with Gasteiger partial charge in [0.25, 0.3) is 0 Å². The highest BCUT2D eigenvalue weighted by atomic mass is 14.4. The van der Waals surface area contributed by atoms with Gasteiger partial charge in [-0.2, -0.15) is 0 Å². The van der Waals surface area contributed by atoms with Crippen LogP contribution in [0.3, 0.4) is 0 Å². The van der Waals surface area contributed by atoms with E-state index in [1.807, 2.05) is 0 Å². The average molecular weight is 325 g/mol.